The lowest BCUT2D eigenvalue weighted by Gasteiger charge is -2.24. The first-order chi connectivity index (χ1) is 49.9. The van der Waals surface area contributed by atoms with Crippen LogP contribution in [0.3, 0.4) is 0 Å². The summed E-state index contributed by atoms with van der Waals surface area (Å²) in [6, 6.07) is 31.0. The number of rotatable bonds is 30. The van der Waals surface area contributed by atoms with Crippen molar-refractivity contribution in [1.29, 1.82) is 0 Å². The molecule has 0 radical (unpaired) electrons. The third-order valence-electron chi connectivity index (χ3n) is 21.9. The van der Waals surface area contributed by atoms with Crippen molar-refractivity contribution < 1.29 is 14.2 Å². The highest BCUT2D eigenvalue weighted by atomic mass is 16.5. The number of ether oxygens (including phenoxy) is 3. The number of hydrogen-bond donors (Lipinski definition) is 0. The monoisotopic (exact) mass is 1490 g/mol. The standard InChI is InChI=1S/C11H24.C10H14O.C9H12O.C9H20O.C9H18.C9H12.C8H16.3C7H16.2C6H14.C5H12/c1-5-7-11(4)9-6-8-10(2)3;1-3-10(11-2)9-7-5-4-6-8-9;1-8(10-2)9-6-4-3-5-7-9;1-4-5-6-7-8-9(2)10-3;2*1-8(2)9-6-4-3-5-7-9;1-7(2)8-5-3-4-6-8;1-6(2)7(3,4)5;1-4-5-6-7(2)3;1-4-6-7(3)5-2;1-5(2)6(3)4;1-4-6(3)5-2;1-4-5(2)3/h10-11H,5-9H2,1-4H3;4-8,10H,3H2,1-2H3;3-8H,1-2H3;9H,4-8H2,1-3H3;8-9H,3-7H2,1-2H3;3-8H,1-2H3;7-8H,3-6H2,1-2H3;6H,1-5H3;2*7H,4-6H2,1-3H3;5-6H,1-4H3;6H,4-5H2,1-3H3;5H,4H2,1-3H3. The summed E-state index contributed by atoms with van der Waals surface area (Å²) in [6.45, 7) is 78.8. The van der Waals surface area contributed by atoms with Gasteiger partial charge in [0.05, 0.1) is 18.3 Å². The summed E-state index contributed by atoms with van der Waals surface area (Å²) in [4.78, 5) is 0. The van der Waals surface area contributed by atoms with Crippen LogP contribution in [0.1, 0.15) is 463 Å². The van der Waals surface area contributed by atoms with E-state index < -0.39 is 0 Å². The summed E-state index contributed by atoms with van der Waals surface area (Å²) in [6.07, 6.45) is 41.2. The minimum atomic E-state index is 0.209. The Morgan fingerprint density at radius 3 is 0.915 bits per heavy atom. The molecule has 5 rings (SSSR count). The molecule has 2 aliphatic carbocycles. The fraction of sp³-hybridized carbons (Fsp3) is 0.825. The molecule has 2 saturated carbocycles. The quantitative estimate of drug-likeness (QED) is 0.0623. The van der Waals surface area contributed by atoms with Crippen molar-refractivity contribution in [3.05, 3.63) is 108 Å². The van der Waals surface area contributed by atoms with Crippen molar-refractivity contribution in [3.63, 3.8) is 0 Å². The number of hydrogen-bond acceptors (Lipinski definition) is 3. The Morgan fingerprint density at radius 2 is 0.679 bits per heavy atom. The number of methoxy groups -OCH3 is 3. The molecule has 2 aliphatic rings. The molecule has 2 fully saturated rings. The van der Waals surface area contributed by atoms with E-state index in [1.807, 2.05) is 49.4 Å². The first-order valence-corrected chi connectivity index (χ1v) is 45.6. The van der Waals surface area contributed by atoms with Crippen LogP contribution in [-0.2, 0) is 14.2 Å². The van der Waals surface area contributed by atoms with Crippen LogP contribution in [0, 0.1) is 82.3 Å². The van der Waals surface area contributed by atoms with Gasteiger partial charge in [-0.1, -0.05) is 493 Å². The van der Waals surface area contributed by atoms with Gasteiger partial charge in [0.1, 0.15) is 0 Å². The third kappa shape index (κ3) is 93.9. The lowest BCUT2D eigenvalue weighted by Crippen LogP contribution is -2.12. The van der Waals surface area contributed by atoms with E-state index in [0.717, 1.165) is 83.4 Å². The van der Waals surface area contributed by atoms with E-state index in [2.05, 4.69) is 284 Å². The van der Waals surface area contributed by atoms with Crippen molar-refractivity contribution in [2.45, 2.75) is 453 Å². The van der Waals surface area contributed by atoms with Gasteiger partial charge < -0.3 is 14.2 Å². The Balaban J connectivity index is -0.000000165. The van der Waals surface area contributed by atoms with E-state index in [-0.39, 0.29) is 12.2 Å². The highest BCUT2D eigenvalue weighted by molar-refractivity contribution is 5.18. The predicted octanol–water partition coefficient (Wildman–Crippen LogP) is 36.4. The molecular weight excluding hydrogens is 1290 g/mol. The minimum Gasteiger partial charge on any atom is -0.382 e. The summed E-state index contributed by atoms with van der Waals surface area (Å²) in [5.74, 6) is 12.7. The largest absolute Gasteiger partial charge is 0.382 e. The van der Waals surface area contributed by atoms with Gasteiger partial charge in [0, 0.05) is 21.3 Å². The molecule has 3 aromatic rings. The lowest BCUT2D eigenvalue weighted by atomic mass is 9.82. The average molecular weight is 1490 g/mol. The Labute approximate surface area is 674 Å². The average Bonchev–Trinajstić information content (AvgIpc) is 1.21. The molecule has 0 bridgehead atoms. The molecule has 0 aliphatic heterocycles. The zero-order valence-electron chi connectivity index (χ0n) is 80.2. The van der Waals surface area contributed by atoms with E-state index >= 15 is 0 Å². The van der Waals surface area contributed by atoms with Crippen LogP contribution in [-0.4, -0.2) is 27.4 Å². The Morgan fingerprint density at radius 1 is 0.321 bits per heavy atom. The second-order valence-corrected chi connectivity index (χ2v) is 36.0. The van der Waals surface area contributed by atoms with E-state index in [1.165, 1.54) is 196 Å². The molecule has 0 spiro atoms. The fourth-order valence-corrected chi connectivity index (χ4v) is 10.4. The van der Waals surface area contributed by atoms with Crippen molar-refractivity contribution >= 4 is 0 Å². The van der Waals surface area contributed by atoms with Crippen molar-refractivity contribution in [2.75, 3.05) is 21.3 Å². The maximum atomic E-state index is 5.29. The van der Waals surface area contributed by atoms with Gasteiger partial charge in [-0.15, -0.1) is 0 Å². The number of benzene rings is 3. The Kier molecular flexibility index (Phi) is 97.4. The summed E-state index contributed by atoms with van der Waals surface area (Å²) in [7, 11) is 5.25. The maximum absolute atomic E-state index is 5.29. The first-order valence-electron chi connectivity index (χ1n) is 45.6. The summed E-state index contributed by atoms with van der Waals surface area (Å²) in [5.41, 5.74) is 4.40. The molecule has 3 heteroatoms. The van der Waals surface area contributed by atoms with Gasteiger partial charge in [-0.3, -0.25) is 0 Å². The lowest BCUT2D eigenvalue weighted by molar-refractivity contribution is 0.100. The zero-order chi connectivity index (χ0) is 83.3. The van der Waals surface area contributed by atoms with Gasteiger partial charge in [-0.2, -0.15) is 0 Å². The van der Waals surface area contributed by atoms with E-state index in [9.17, 15) is 0 Å². The van der Waals surface area contributed by atoms with E-state index in [1.54, 1.807) is 21.3 Å². The zero-order valence-corrected chi connectivity index (χ0v) is 80.2. The first kappa shape index (κ1) is 119. The van der Waals surface area contributed by atoms with E-state index in [4.69, 9.17) is 14.2 Å². The van der Waals surface area contributed by atoms with Crippen molar-refractivity contribution in [2.24, 2.45) is 82.3 Å². The summed E-state index contributed by atoms with van der Waals surface area (Å²) >= 11 is 0. The normalized spacial score (nSPS) is 13.9. The second kappa shape index (κ2) is 86.5. The van der Waals surface area contributed by atoms with Gasteiger partial charge in [0.25, 0.3) is 0 Å². The highest BCUT2D eigenvalue weighted by Crippen LogP contribution is 2.31. The maximum Gasteiger partial charge on any atom is 0.0818 e. The molecule has 5 unspecified atom stereocenters. The molecule has 0 amide bonds. The van der Waals surface area contributed by atoms with Gasteiger partial charge in [-0.05, 0) is 132 Å². The van der Waals surface area contributed by atoms with Crippen molar-refractivity contribution in [1.82, 2.24) is 0 Å². The van der Waals surface area contributed by atoms with Crippen LogP contribution in [0.4, 0.5) is 0 Å². The van der Waals surface area contributed by atoms with Crippen LogP contribution in [0.5, 0.6) is 0 Å². The van der Waals surface area contributed by atoms with Crippen molar-refractivity contribution in [3.8, 4) is 0 Å². The van der Waals surface area contributed by atoms with Crippen LogP contribution in [0.15, 0.2) is 91.0 Å². The molecule has 5 atom stereocenters. The molecule has 634 valence electrons. The van der Waals surface area contributed by atoms with E-state index in [0.29, 0.717) is 17.4 Å². The minimum absolute atomic E-state index is 0.209. The fourth-order valence-electron chi connectivity index (χ4n) is 10.4. The van der Waals surface area contributed by atoms with Gasteiger partial charge in [0.2, 0.25) is 0 Å². The number of unbranched alkanes of at least 4 members (excludes halogenated alkanes) is 4. The molecule has 106 heavy (non-hydrogen) atoms. The third-order valence-corrected chi connectivity index (χ3v) is 21.9. The summed E-state index contributed by atoms with van der Waals surface area (Å²) in [5, 5.41) is 0. The molecule has 0 saturated heterocycles. The smallest absolute Gasteiger partial charge is 0.0818 e. The Bertz CT molecular complexity index is 1970. The van der Waals surface area contributed by atoms with Gasteiger partial charge >= 0.3 is 0 Å². The predicted molar refractivity (Wildman–Crippen MR) is 493 cm³/mol. The van der Waals surface area contributed by atoms with Crippen LogP contribution >= 0.6 is 0 Å². The van der Waals surface area contributed by atoms with Gasteiger partial charge in [-0.25, -0.2) is 0 Å². The van der Waals surface area contributed by atoms with Crippen LogP contribution in [0.2, 0.25) is 0 Å². The molecule has 3 aromatic carbocycles. The molecule has 0 N–H and O–H groups in total. The van der Waals surface area contributed by atoms with Crippen LogP contribution < -0.4 is 0 Å². The topological polar surface area (TPSA) is 27.7 Å². The molecule has 3 nitrogen and oxygen atoms in total. The molecule has 0 heterocycles. The second-order valence-electron chi connectivity index (χ2n) is 36.0. The molecular formula is C103H204O3. The SMILES string of the molecule is CC(C)C(C)(C)C.CC(C)C(C)C.CC(C)C1CCCC1.CC(C)C1CCCCC1.CC(C)c1ccccc1.CCC(C)C.CCC(C)CC.CCC(OC)c1ccccc1.CCCC(C)CC.CCCC(C)CCCC(C)C.CCCCC(C)C.CCCCCCC(C)OC.COC(C)c1ccccc1. The highest BCUT2D eigenvalue weighted by Gasteiger charge is 2.18. The van der Waals surface area contributed by atoms with Crippen LogP contribution in [0.25, 0.3) is 0 Å². The molecule has 0 aromatic heterocycles. The van der Waals surface area contributed by atoms with Gasteiger partial charge in [0.15, 0.2) is 0 Å². The Hall–Kier alpha value is -2.46. The summed E-state index contributed by atoms with van der Waals surface area (Å²) < 4.78 is 15.6.